The van der Waals surface area contributed by atoms with E-state index in [1.807, 2.05) is 16.8 Å². The molecule has 0 radical (unpaired) electrons. The molecule has 17 heavy (non-hydrogen) atoms. The zero-order chi connectivity index (χ0) is 12.3. The summed E-state index contributed by atoms with van der Waals surface area (Å²) in [6, 6.07) is 6.26. The number of hydrogen-bond donors (Lipinski definition) is 1. The number of nitrogens with one attached hydrogen (secondary N) is 1. The Morgan fingerprint density at radius 3 is 2.88 bits per heavy atom. The number of carbonyl (C=O) groups excluding carboxylic acids is 1. The average Bonchev–Trinajstić information content (AvgIpc) is 2.82. The molecule has 88 valence electrons. The number of hydrogen-bond acceptors (Lipinski definition) is 2. The first-order valence-corrected chi connectivity index (χ1v) is 6.65. The third-order valence-electron chi connectivity index (χ3n) is 2.21. The lowest BCUT2D eigenvalue weighted by molar-refractivity contribution is 0.0950. The predicted molar refractivity (Wildman–Crippen MR) is 69.6 cm³/mol. The zero-order valence-electron chi connectivity index (χ0n) is 8.74. The van der Waals surface area contributed by atoms with Gasteiger partial charge in [0.25, 0.3) is 5.91 Å². The summed E-state index contributed by atoms with van der Waals surface area (Å²) in [5.41, 5.74) is 1.36. The van der Waals surface area contributed by atoms with Crippen LogP contribution in [0.2, 0.25) is 0 Å². The van der Waals surface area contributed by atoms with E-state index in [2.05, 4.69) is 21.2 Å². The van der Waals surface area contributed by atoms with Crippen molar-refractivity contribution in [1.29, 1.82) is 0 Å². The number of halogens is 2. The van der Waals surface area contributed by atoms with Gasteiger partial charge in [-0.1, -0.05) is 0 Å². The normalized spacial score (nSPS) is 10.2. The van der Waals surface area contributed by atoms with Gasteiger partial charge in [-0.05, 0) is 56.5 Å². The van der Waals surface area contributed by atoms with Crippen LogP contribution in [0.4, 0.5) is 4.39 Å². The molecule has 2 nitrogen and oxygen atoms in total. The number of thiophene rings is 1. The summed E-state index contributed by atoms with van der Waals surface area (Å²) in [5, 5.41) is 6.64. The minimum Gasteiger partial charge on any atom is -0.348 e. The maximum absolute atomic E-state index is 13.2. The van der Waals surface area contributed by atoms with Gasteiger partial charge in [-0.15, -0.1) is 0 Å². The van der Waals surface area contributed by atoms with Crippen molar-refractivity contribution in [2.45, 2.75) is 6.54 Å². The van der Waals surface area contributed by atoms with E-state index in [0.717, 1.165) is 5.56 Å². The van der Waals surface area contributed by atoms with Gasteiger partial charge in [0.05, 0.1) is 4.47 Å². The van der Waals surface area contributed by atoms with Crippen molar-refractivity contribution in [2.24, 2.45) is 0 Å². The Balaban J connectivity index is 2.02. The van der Waals surface area contributed by atoms with Crippen LogP contribution < -0.4 is 5.32 Å². The van der Waals surface area contributed by atoms with Crippen LogP contribution >= 0.6 is 27.3 Å². The first-order valence-electron chi connectivity index (χ1n) is 4.91. The lowest BCUT2D eigenvalue weighted by atomic mass is 10.2. The minimum absolute atomic E-state index is 0.275. The van der Waals surface area contributed by atoms with Crippen LogP contribution in [0.5, 0.6) is 0 Å². The molecule has 2 aromatic rings. The van der Waals surface area contributed by atoms with Crippen LogP contribution in [0, 0.1) is 5.82 Å². The fraction of sp³-hybridized carbons (Fsp3) is 0.0833. The lowest BCUT2D eigenvalue weighted by Crippen LogP contribution is -2.22. The average molecular weight is 314 g/mol. The molecule has 0 atom stereocenters. The lowest BCUT2D eigenvalue weighted by Gasteiger charge is -2.04. The summed E-state index contributed by atoms with van der Waals surface area (Å²) in [4.78, 5) is 11.7. The largest absolute Gasteiger partial charge is 0.348 e. The number of carbonyl (C=O) groups is 1. The molecular weight excluding hydrogens is 305 g/mol. The summed E-state index contributed by atoms with van der Waals surface area (Å²) in [7, 11) is 0. The SMILES string of the molecule is O=C(NCc1ccsc1)c1ccc(Br)c(F)c1. The molecule has 1 heterocycles. The Labute approximate surface area is 111 Å². The van der Waals surface area contributed by atoms with Gasteiger partial charge in [0, 0.05) is 12.1 Å². The van der Waals surface area contributed by atoms with Crippen LogP contribution in [0.25, 0.3) is 0 Å². The molecular formula is C12H9BrFNOS. The van der Waals surface area contributed by atoms with Gasteiger partial charge in [-0.25, -0.2) is 4.39 Å². The Morgan fingerprint density at radius 2 is 2.24 bits per heavy atom. The second-order valence-corrected chi connectivity index (χ2v) is 5.08. The molecule has 1 aromatic heterocycles. The molecule has 0 saturated heterocycles. The molecule has 0 aliphatic carbocycles. The molecule has 0 aliphatic rings. The maximum Gasteiger partial charge on any atom is 0.251 e. The van der Waals surface area contributed by atoms with Crippen molar-refractivity contribution in [3.8, 4) is 0 Å². The zero-order valence-corrected chi connectivity index (χ0v) is 11.1. The van der Waals surface area contributed by atoms with Gasteiger partial charge in [0.2, 0.25) is 0 Å². The minimum atomic E-state index is -0.437. The van der Waals surface area contributed by atoms with Crippen molar-refractivity contribution >= 4 is 33.2 Å². The smallest absolute Gasteiger partial charge is 0.251 e. The van der Waals surface area contributed by atoms with E-state index in [-0.39, 0.29) is 5.91 Å². The van der Waals surface area contributed by atoms with Crippen LogP contribution in [-0.2, 0) is 6.54 Å². The fourth-order valence-corrected chi connectivity index (χ4v) is 2.23. The van der Waals surface area contributed by atoms with Crippen molar-refractivity contribution in [1.82, 2.24) is 5.32 Å². The van der Waals surface area contributed by atoms with Crippen molar-refractivity contribution in [2.75, 3.05) is 0 Å². The first-order chi connectivity index (χ1) is 8.16. The maximum atomic E-state index is 13.2. The third kappa shape index (κ3) is 3.14. The quantitative estimate of drug-likeness (QED) is 0.922. The molecule has 0 aliphatic heterocycles. The van der Waals surface area contributed by atoms with E-state index in [0.29, 0.717) is 16.6 Å². The van der Waals surface area contributed by atoms with Gasteiger partial charge in [0.15, 0.2) is 0 Å². The molecule has 0 saturated carbocycles. The molecule has 0 spiro atoms. The van der Waals surface area contributed by atoms with Crippen LogP contribution in [-0.4, -0.2) is 5.91 Å². The summed E-state index contributed by atoms with van der Waals surface area (Å²) in [6.07, 6.45) is 0. The van der Waals surface area contributed by atoms with Crippen molar-refractivity contribution in [3.05, 3.63) is 56.4 Å². The fourth-order valence-electron chi connectivity index (χ4n) is 1.32. The molecule has 1 aromatic carbocycles. The topological polar surface area (TPSA) is 29.1 Å². The monoisotopic (exact) mass is 313 g/mol. The number of benzene rings is 1. The first kappa shape index (κ1) is 12.3. The van der Waals surface area contributed by atoms with Gasteiger partial charge in [0.1, 0.15) is 5.82 Å². The summed E-state index contributed by atoms with van der Waals surface area (Å²) in [5.74, 6) is -0.712. The van der Waals surface area contributed by atoms with E-state index in [1.165, 1.54) is 12.1 Å². The molecule has 1 amide bonds. The second kappa shape index (κ2) is 5.42. The van der Waals surface area contributed by atoms with Crippen LogP contribution in [0.1, 0.15) is 15.9 Å². The number of rotatable bonds is 3. The van der Waals surface area contributed by atoms with Gasteiger partial charge in [-0.2, -0.15) is 11.3 Å². The van der Waals surface area contributed by atoms with E-state index in [9.17, 15) is 9.18 Å². The molecule has 5 heteroatoms. The molecule has 1 N–H and O–H groups in total. The second-order valence-electron chi connectivity index (χ2n) is 3.44. The van der Waals surface area contributed by atoms with E-state index in [4.69, 9.17) is 0 Å². The van der Waals surface area contributed by atoms with E-state index in [1.54, 1.807) is 17.4 Å². The highest BCUT2D eigenvalue weighted by molar-refractivity contribution is 9.10. The van der Waals surface area contributed by atoms with E-state index < -0.39 is 5.82 Å². The van der Waals surface area contributed by atoms with Gasteiger partial charge in [-0.3, -0.25) is 4.79 Å². The standard InChI is InChI=1S/C12H9BrFNOS/c13-10-2-1-9(5-11(10)14)12(16)15-6-8-3-4-17-7-8/h1-5,7H,6H2,(H,15,16). The molecule has 2 rings (SSSR count). The molecule has 0 fully saturated rings. The highest BCUT2D eigenvalue weighted by Crippen LogP contribution is 2.16. The van der Waals surface area contributed by atoms with E-state index >= 15 is 0 Å². The van der Waals surface area contributed by atoms with Crippen molar-refractivity contribution in [3.63, 3.8) is 0 Å². The Bertz CT molecular complexity index is 527. The molecule has 0 bridgehead atoms. The Hall–Kier alpha value is -1.20. The van der Waals surface area contributed by atoms with Gasteiger partial charge < -0.3 is 5.32 Å². The van der Waals surface area contributed by atoms with Gasteiger partial charge >= 0.3 is 0 Å². The van der Waals surface area contributed by atoms with Crippen LogP contribution in [0.15, 0.2) is 39.5 Å². The highest BCUT2D eigenvalue weighted by Gasteiger charge is 2.08. The predicted octanol–water partition coefficient (Wildman–Crippen LogP) is 3.58. The number of amides is 1. The summed E-state index contributed by atoms with van der Waals surface area (Å²) in [6.45, 7) is 0.458. The Kier molecular flexibility index (Phi) is 3.91. The van der Waals surface area contributed by atoms with Crippen LogP contribution in [0.3, 0.4) is 0 Å². The Morgan fingerprint density at radius 1 is 1.41 bits per heavy atom. The highest BCUT2D eigenvalue weighted by atomic mass is 79.9. The molecule has 0 unspecified atom stereocenters. The summed E-state index contributed by atoms with van der Waals surface area (Å²) >= 11 is 4.62. The third-order valence-corrected chi connectivity index (χ3v) is 3.59. The summed E-state index contributed by atoms with van der Waals surface area (Å²) < 4.78 is 13.6. The van der Waals surface area contributed by atoms with Crippen molar-refractivity contribution < 1.29 is 9.18 Å².